The fraction of sp³-hybridized carbons (Fsp3) is 0.600. The normalized spacial score (nSPS) is 23.1. The lowest BCUT2D eigenvalue weighted by molar-refractivity contribution is 0.187. The van der Waals surface area contributed by atoms with E-state index in [4.69, 9.17) is 4.74 Å². The fourth-order valence-electron chi connectivity index (χ4n) is 2.48. The second-order valence-electron chi connectivity index (χ2n) is 5.15. The highest BCUT2D eigenvalue weighted by molar-refractivity contribution is 5.48. The monoisotopic (exact) mass is 233 g/mol. The Morgan fingerprint density at radius 1 is 1.35 bits per heavy atom. The molecule has 0 bridgehead atoms. The molecule has 1 aliphatic rings. The number of hydrogen-bond acceptors (Lipinski definition) is 2. The Morgan fingerprint density at radius 2 is 2.12 bits per heavy atom. The average Bonchev–Trinajstić information content (AvgIpc) is 2.32. The van der Waals surface area contributed by atoms with Crippen molar-refractivity contribution in [2.24, 2.45) is 5.92 Å². The van der Waals surface area contributed by atoms with E-state index in [1.54, 1.807) is 0 Å². The summed E-state index contributed by atoms with van der Waals surface area (Å²) in [4.78, 5) is 0. The van der Waals surface area contributed by atoms with Crippen molar-refractivity contribution in [2.75, 3.05) is 13.2 Å². The zero-order valence-electron chi connectivity index (χ0n) is 11.3. The molecule has 94 valence electrons. The van der Waals surface area contributed by atoms with E-state index in [-0.39, 0.29) is 0 Å². The van der Waals surface area contributed by atoms with E-state index in [0.717, 1.165) is 18.9 Å². The van der Waals surface area contributed by atoms with Crippen LogP contribution < -0.4 is 10.1 Å². The zero-order valence-corrected chi connectivity index (χ0v) is 11.3. The summed E-state index contributed by atoms with van der Waals surface area (Å²) in [7, 11) is 0. The van der Waals surface area contributed by atoms with Crippen molar-refractivity contribution in [1.82, 2.24) is 5.32 Å². The van der Waals surface area contributed by atoms with Gasteiger partial charge in [-0.05, 0) is 37.9 Å². The molecule has 0 fully saturated rings. The van der Waals surface area contributed by atoms with Gasteiger partial charge in [-0.25, -0.2) is 0 Å². The predicted octanol–water partition coefficient (Wildman–Crippen LogP) is 3.37. The van der Waals surface area contributed by atoms with Gasteiger partial charge in [-0.2, -0.15) is 0 Å². The summed E-state index contributed by atoms with van der Waals surface area (Å²) in [5.41, 5.74) is 3.94. The van der Waals surface area contributed by atoms with E-state index in [2.05, 4.69) is 45.1 Å². The average molecular weight is 233 g/mol. The summed E-state index contributed by atoms with van der Waals surface area (Å²) < 4.78 is 5.92. The van der Waals surface area contributed by atoms with Crippen LogP contribution >= 0.6 is 0 Å². The van der Waals surface area contributed by atoms with Crippen molar-refractivity contribution in [3.05, 3.63) is 28.8 Å². The topological polar surface area (TPSA) is 21.3 Å². The van der Waals surface area contributed by atoms with Crippen LogP contribution in [0, 0.1) is 19.8 Å². The Hall–Kier alpha value is -1.02. The quantitative estimate of drug-likeness (QED) is 0.864. The van der Waals surface area contributed by atoms with E-state index >= 15 is 0 Å². The molecule has 0 aromatic heterocycles. The maximum atomic E-state index is 5.92. The largest absolute Gasteiger partial charge is 0.493 e. The Bertz CT molecular complexity index is 400. The van der Waals surface area contributed by atoms with Gasteiger partial charge in [0, 0.05) is 17.5 Å². The van der Waals surface area contributed by atoms with E-state index in [1.807, 2.05) is 0 Å². The van der Waals surface area contributed by atoms with E-state index in [1.165, 1.54) is 23.1 Å². The molecule has 2 nitrogen and oxygen atoms in total. The minimum absolute atomic E-state index is 0.443. The molecular formula is C15H23NO. The number of nitrogens with one attached hydrogen (secondary N) is 1. The smallest absolute Gasteiger partial charge is 0.127 e. The summed E-state index contributed by atoms with van der Waals surface area (Å²) in [6, 6.07) is 4.87. The Morgan fingerprint density at radius 3 is 2.82 bits per heavy atom. The van der Waals surface area contributed by atoms with Gasteiger partial charge in [0.15, 0.2) is 0 Å². The lowest BCUT2D eigenvalue weighted by Gasteiger charge is -2.33. The van der Waals surface area contributed by atoms with Gasteiger partial charge in [-0.1, -0.05) is 26.0 Å². The summed E-state index contributed by atoms with van der Waals surface area (Å²) in [5, 5.41) is 3.64. The molecule has 0 amide bonds. The minimum Gasteiger partial charge on any atom is -0.493 e. The second kappa shape index (κ2) is 5.09. The van der Waals surface area contributed by atoms with Gasteiger partial charge >= 0.3 is 0 Å². The number of hydrogen-bond donors (Lipinski definition) is 1. The number of ether oxygens (including phenoxy) is 1. The highest BCUT2D eigenvalue weighted by Crippen LogP contribution is 2.38. The van der Waals surface area contributed by atoms with E-state index in [9.17, 15) is 0 Å². The summed E-state index contributed by atoms with van der Waals surface area (Å²) in [6.07, 6.45) is 1.17. The maximum absolute atomic E-state index is 5.92. The van der Waals surface area contributed by atoms with Gasteiger partial charge in [0.1, 0.15) is 5.75 Å². The van der Waals surface area contributed by atoms with Crippen LogP contribution in [-0.4, -0.2) is 13.2 Å². The first kappa shape index (κ1) is 12.4. The highest BCUT2D eigenvalue weighted by atomic mass is 16.5. The molecule has 0 radical (unpaired) electrons. The first-order valence-corrected chi connectivity index (χ1v) is 6.61. The van der Waals surface area contributed by atoms with Crippen molar-refractivity contribution >= 4 is 0 Å². The van der Waals surface area contributed by atoms with Crippen LogP contribution in [0.15, 0.2) is 12.1 Å². The number of rotatable bonds is 3. The lowest BCUT2D eigenvalue weighted by Crippen LogP contribution is -2.34. The van der Waals surface area contributed by atoms with Gasteiger partial charge in [-0.15, -0.1) is 0 Å². The molecule has 17 heavy (non-hydrogen) atoms. The number of fused-ring (bicyclic) bond motifs is 1. The molecule has 0 spiro atoms. The molecule has 1 aromatic carbocycles. The van der Waals surface area contributed by atoms with Crippen molar-refractivity contribution in [3.8, 4) is 5.75 Å². The van der Waals surface area contributed by atoms with Gasteiger partial charge in [0.2, 0.25) is 0 Å². The third-order valence-corrected chi connectivity index (χ3v) is 3.72. The van der Waals surface area contributed by atoms with Crippen LogP contribution in [0.25, 0.3) is 0 Å². The highest BCUT2D eigenvalue weighted by Gasteiger charge is 2.28. The minimum atomic E-state index is 0.443. The van der Waals surface area contributed by atoms with Crippen LogP contribution in [0.3, 0.4) is 0 Å². The van der Waals surface area contributed by atoms with Crippen molar-refractivity contribution in [1.29, 1.82) is 0 Å². The molecule has 2 rings (SSSR count). The first-order valence-electron chi connectivity index (χ1n) is 6.61. The van der Waals surface area contributed by atoms with Crippen molar-refractivity contribution in [3.63, 3.8) is 0 Å². The van der Waals surface area contributed by atoms with Gasteiger partial charge < -0.3 is 10.1 Å². The maximum Gasteiger partial charge on any atom is 0.127 e. The van der Waals surface area contributed by atoms with Gasteiger partial charge in [0.25, 0.3) is 0 Å². The van der Waals surface area contributed by atoms with E-state index in [0.29, 0.717) is 12.0 Å². The standard InChI is InChI=1S/C15H23NO/c1-5-8-16-14-11(3)9-17-15-12(4)10(2)6-7-13(14)15/h6-7,11,14,16H,5,8-9H2,1-4H3. The molecule has 2 heteroatoms. The molecule has 1 aliphatic heterocycles. The summed E-state index contributed by atoms with van der Waals surface area (Å²) >= 11 is 0. The number of aryl methyl sites for hydroxylation is 1. The third-order valence-electron chi connectivity index (χ3n) is 3.72. The number of benzene rings is 1. The summed E-state index contributed by atoms with van der Waals surface area (Å²) in [5.74, 6) is 1.65. The summed E-state index contributed by atoms with van der Waals surface area (Å²) in [6.45, 7) is 10.6. The molecule has 2 atom stereocenters. The zero-order chi connectivity index (χ0) is 12.4. The Balaban J connectivity index is 2.34. The molecular weight excluding hydrogens is 210 g/mol. The van der Waals surface area contributed by atoms with Crippen molar-refractivity contribution < 1.29 is 4.74 Å². The fourth-order valence-corrected chi connectivity index (χ4v) is 2.48. The van der Waals surface area contributed by atoms with Crippen molar-refractivity contribution in [2.45, 2.75) is 40.2 Å². The molecule has 1 N–H and O–H groups in total. The van der Waals surface area contributed by atoms with Crippen LogP contribution in [0.4, 0.5) is 0 Å². The van der Waals surface area contributed by atoms with Gasteiger partial charge in [0.05, 0.1) is 6.61 Å². The van der Waals surface area contributed by atoms with Crippen LogP contribution in [-0.2, 0) is 0 Å². The van der Waals surface area contributed by atoms with Gasteiger partial charge in [-0.3, -0.25) is 0 Å². The third kappa shape index (κ3) is 2.32. The Labute approximate surface area is 104 Å². The Kier molecular flexibility index (Phi) is 3.72. The molecule has 0 saturated heterocycles. The molecule has 1 aromatic rings. The van der Waals surface area contributed by atoms with Crippen LogP contribution in [0.1, 0.15) is 43.0 Å². The predicted molar refractivity (Wildman–Crippen MR) is 71.6 cm³/mol. The lowest BCUT2D eigenvalue weighted by atomic mass is 9.89. The van der Waals surface area contributed by atoms with Crippen LogP contribution in [0.2, 0.25) is 0 Å². The SMILES string of the molecule is CCCNC1c2ccc(C)c(C)c2OCC1C. The first-order chi connectivity index (χ1) is 8.15. The molecule has 0 aliphatic carbocycles. The van der Waals surface area contributed by atoms with Crippen LogP contribution in [0.5, 0.6) is 5.75 Å². The van der Waals surface area contributed by atoms with E-state index < -0.39 is 0 Å². The molecule has 0 saturated carbocycles. The molecule has 1 heterocycles. The second-order valence-corrected chi connectivity index (χ2v) is 5.15. The molecule has 2 unspecified atom stereocenters.